The molecule has 1 amide bonds. The molecule has 70 valence electrons. The standard InChI is InChI=1S/C9H12N2OS/c1-5-2-3-6-7(4-5)13-9(11-6)8(10)12/h5H,2-4H2,1H3,(H2,10,12). The number of nitrogens with two attached hydrogens (primary N) is 1. The summed E-state index contributed by atoms with van der Waals surface area (Å²) in [6.45, 7) is 2.23. The number of rotatable bonds is 1. The fourth-order valence-electron chi connectivity index (χ4n) is 1.65. The molecule has 4 heteroatoms. The van der Waals surface area contributed by atoms with Gasteiger partial charge in [0.25, 0.3) is 5.91 Å². The summed E-state index contributed by atoms with van der Waals surface area (Å²) in [6, 6.07) is 0. The van der Waals surface area contributed by atoms with Crippen LogP contribution < -0.4 is 5.73 Å². The van der Waals surface area contributed by atoms with Gasteiger partial charge in [-0.2, -0.15) is 0 Å². The minimum absolute atomic E-state index is 0.396. The molecule has 3 nitrogen and oxygen atoms in total. The monoisotopic (exact) mass is 196 g/mol. The first kappa shape index (κ1) is 8.69. The number of hydrogen-bond donors (Lipinski definition) is 1. The molecule has 1 heterocycles. The van der Waals surface area contributed by atoms with Crippen LogP contribution in [-0.4, -0.2) is 10.9 Å². The average molecular weight is 196 g/mol. The molecule has 2 N–H and O–H groups in total. The van der Waals surface area contributed by atoms with Crippen LogP contribution in [0.4, 0.5) is 0 Å². The third-order valence-corrected chi connectivity index (χ3v) is 3.53. The van der Waals surface area contributed by atoms with Crippen LogP contribution >= 0.6 is 11.3 Å². The number of hydrogen-bond acceptors (Lipinski definition) is 3. The van der Waals surface area contributed by atoms with E-state index < -0.39 is 5.91 Å². The highest BCUT2D eigenvalue weighted by molar-refractivity contribution is 7.13. The molecule has 0 aliphatic heterocycles. The summed E-state index contributed by atoms with van der Waals surface area (Å²) in [6.07, 6.45) is 3.23. The maximum Gasteiger partial charge on any atom is 0.277 e. The minimum Gasteiger partial charge on any atom is -0.364 e. The largest absolute Gasteiger partial charge is 0.364 e. The van der Waals surface area contributed by atoms with Gasteiger partial charge in [-0.3, -0.25) is 4.79 Å². The Balaban J connectivity index is 2.33. The Morgan fingerprint density at radius 1 is 1.69 bits per heavy atom. The van der Waals surface area contributed by atoms with Gasteiger partial charge in [-0.1, -0.05) is 6.92 Å². The molecule has 1 atom stereocenters. The normalized spacial score (nSPS) is 21.2. The van der Waals surface area contributed by atoms with Crippen LogP contribution in [0.15, 0.2) is 0 Å². The van der Waals surface area contributed by atoms with Crippen molar-refractivity contribution in [1.29, 1.82) is 0 Å². The Hall–Kier alpha value is -0.900. The molecular formula is C9H12N2OS. The van der Waals surface area contributed by atoms with E-state index in [4.69, 9.17) is 5.73 Å². The molecule has 1 aliphatic carbocycles. The Labute approximate surface area is 81.0 Å². The summed E-state index contributed by atoms with van der Waals surface area (Å²) in [7, 11) is 0. The predicted molar refractivity (Wildman–Crippen MR) is 51.8 cm³/mol. The van der Waals surface area contributed by atoms with Crippen LogP contribution in [0.1, 0.15) is 33.7 Å². The van der Waals surface area contributed by atoms with Gasteiger partial charge < -0.3 is 5.73 Å². The lowest BCUT2D eigenvalue weighted by molar-refractivity contribution is 0.1000. The van der Waals surface area contributed by atoms with Gasteiger partial charge in [-0.05, 0) is 25.2 Å². The molecule has 1 aromatic heterocycles. The molecule has 1 aromatic rings. The number of fused-ring (bicyclic) bond motifs is 1. The van der Waals surface area contributed by atoms with Crippen molar-refractivity contribution in [3.05, 3.63) is 15.6 Å². The van der Waals surface area contributed by atoms with E-state index >= 15 is 0 Å². The zero-order valence-corrected chi connectivity index (χ0v) is 8.36. The van der Waals surface area contributed by atoms with Crippen LogP contribution in [0, 0.1) is 5.92 Å². The topological polar surface area (TPSA) is 56.0 Å². The quantitative estimate of drug-likeness (QED) is 0.737. The van der Waals surface area contributed by atoms with Crippen LogP contribution in [0.3, 0.4) is 0 Å². The van der Waals surface area contributed by atoms with Gasteiger partial charge >= 0.3 is 0 Å². The number of thiazole rings is 1. The molecule has 1 unspecified atom stereocenters. The van der Waals surface area contributed by atoms with Gasteiger partial charge in [0.1, 0.15) is 0 Å². The van der Waals surface area contributed by atoms with E-state index in [1.165, 1.54) is 22.6 Å². The van der Waals surface area contributed by atoms with E-state index in [0.29, 0.717) is 10.9 Å². The van der Waals surface area contributed by atoms with Gasteiger partial charge in [-0.25, -0.2) is 4.98 Å². The molecule has 0 saturated carbocycles. The first-order valence-corrected chi connectivity index (χ1v) is 5.27. The molecule has 0 aromatic carbocycles. The Kier molecular flexibility index (Phi) is 2.07. The maximum absolute atomic E-state index is 10.9. The zero-order valence-electron chi connectivity index (χ0n) is 7.54. The SMILES string of the molecule is CC1CCc2nc(C(N)=O)sc2C1. The molecule has 0 saturated heterocycles. The Bertz CT molecular complexity index is 345. The highest BCUT2D eigenvalue weighted by atomic mass is 32.1. The second-order valence-electron chi connectivity index (χ2n) is 3.60. The van der Waals surface area contributed by atoms with Crippen molar-refractivity contribution in [3.63, 3.8) is 0 Å². The van der Waals surface area contributed by atoms with Gasteiger partial charge in [0.15, 0.2) is 5.01 Å². The van der Waals surface area contributed by atoms with E-state index in [1.807, 2.05) is 0 Å². The second-order valence-corrected chi connectivity index (χ2v) is 4.68. The highest BCUT2D eigenvalue weighted by Crippen LogP contribution is 2.29. The lowest BCUT2D eigenvalue weighted by atomic mass is 9.93. The molecule has 0 bridgehead atoms. The molecule has 0 radical (unpaired) electrons. The fourth-order valence-corrected chi connectivity index (χ4v) is 2.77. The minimum atomic E-state index is -0.396. The summed E-state index contributed by atoms with van der Waals surface area (Å²) in [5, 5.41) is 0.471. The van der Waals surface area contributed by atoms with Crippen LogP contribution in [-0.2, 0) is 12.8 Å². The van der Waals surface area contributed by atoms with Crippen molar-refractivity contribution in [2.24, 2.45) is 11.7 Å². The van der Waals surface area contributed by atoms with Crippen molar-refractivity contribution in [3.8, 4) is 0 Å². The highest BCUT2D eigenvalue weighted by Gasteiger charge is 2.20. The molecule has 2 rings (SSSR count). The number of primary amides is 1. The Morgan fingerprint density at radius 2 is 2.46 bits per heavy atom. The lowest BCUT2D eigenvalue weighted by Gasteiger charge is -2.15. The molecule has 0 spiro atoms. The number of amides is 1. The summed E-state index contributed by atoms with van der Waals surface area (Å²) in [5.41, 5.74) is 6.26. The summed E-state index contributed by atoms with van der Waals surface area (Å²) in [5.74, 6) is 0.320. The van der Waals surface area contributed by atoms with E-state index in [9.17, 15) is 4.79 Å². The van der Waals surface area contributed by atoms with E-state index in [0.717, 1.165) is 18.5 Å². The van der Waals surface area contributed by atoms with Crippen molar-refractivity contribution in [2.45, 2.75) is 26.2 Å². The fraction of sp³-hybridized carbons (Fsp3) is 0.556. The van der Waals surface area contributed by atoms with Gasteiger partial charge in [-0.15, -0.1) is 11.3 Å². The predicted octanol–water partition coefficient (Wildman–Crippen LogP) is 1.37. The second kappa shape index (κ2) is 3.10. The summed E-state index contributed by atoms with van der Waals surface area (Å²) < 4.78 is 0. The van der Waals surface area contributed by atoms with Gasteiger partial charge in [0, 0.05) is 4.88 Å². The van der Waals surface area contributed by atoms with Crippen molar-refractivity contribution < 1.29 is 4.79 Å². The van der Waals surface area contributed by atoms with E-state index in [1.54, 1.807) is 0 Å². The van der Waals surface area contributed by atoms with Crippen molar-refractivity contribution in [2.75, 3.05) is 0 Å². The lowest BCUT2D eigenvalue weighted by Crippen LogP contribution is -2.11. The van der Waals surface area contributed by atoms with Crippen molar-refractivity contribution >= 4 is 17.2 Å². The summed E-state index contributed by atoms with van der Waals surface area (Å²) >= 11 is 1.46. The third-order valence-electron chi connectivity index (χ3n) is 2.40. The molecular weight excluding hydrogens is 184 g/mol. The number of aromatic nitrogens is 1. The summed E-state index contributed by atoms with van der Waals surface area (Å²) in [4.78, 5) is 16.4. The van der Waals surface area contributed by atoms with Crippen LogP contribution in [0.5, 0.6) is 0 Å². The number of carbonyl (C=O) groups excluding carboxylic acids is 1. The molecule has 1 aliphatic rings. The number of carbonyl (C=O) groups is 1. The van der Waals surface area contributed by atoms with Gasteiger partial charge in [0.05, 0.1) is 5.69 Å². The number of aryl methyl sites for hydroxylation is 1. The first-order valence-electron chi connectivity index (χ1n) is 4.45. The first-order chi connectivity index (χ1) is 6.16. The van der Waals surface area contributed by atoms with Crippen molar-refractivity contribution in [1.82, 2.24) is 4.98 Å². The number of nitrogens with zero attached hydrogens (tertiary/aromatic N) is 1. The molecule has 13 heavy (non-hydrogen) atoms. The molecule has 0 fully saturated rings. The van der Waals surface area contributed by atoms with Crippen LogP contribution in [0.25, 0.3) is 0 Å². The average Bonchev–Trinajstić information content (AvgIpc) is 2.46. The van der Waals surface area contributed by atoms with Crippen LogP contribution in [0.2, 0.25) is 0 Å². The third kappa shape index (κ3) is 1.58. The van der Waals surface area contributed by atoms with E-state index in [2.05, 4.69) is 11.9 Å². The maximum atomic E-state index is 10.9. The smallest absolute Gasteiger partial charge is 0.277 e. The zero-order chi connectivity index (χ0) is 9.42. The van der Waals surface area contributed by atoms with Gasteiger partial charge in [0.2, 0.25) is 0 Å². The van der Waals surface area contributed by atoms with E-state index in [-0.39, 0.29) is 0 Å². The Morgan fingerprint density at radius 3 is 3.15 bits per heavy atom.